The highest BCUT2D eigenvalue weighted by Crippen LogP contribution is 2.29. The lowest BCUT2D eigenvalue weighted by Gasteiger charge is -2.18. The summed E-state index contributed by atoms with van der Waals surface area (Å²) in [4.78, 5) is 0. The van der Waals surface area contributed by atoms with Crippen molar-refractivity contribution < 1.29 is 13.5 Å². The average Bonchev–Trinajstić information content (AvgIpc) is 2.68. The molecule has 1 unspecified atom stereocenters. The van der Waals surface area contributed by atoms with E-state index < -0.39 is 0 Å². The van der Waals surface area contributed by atoms with E-state index in [9.17, 15) is 8.78 Å². The maximum absolute atomic E-state index is 14.8. The van der Waals surface area contributed by atoms with Crippen LogP contribution in [0.3, 0.4) is 0 Å². The van der Waals surface area contributed by atoms with Crippen LogP contribution in [-0.2, 0) is 6.42 Å². The highest BCUT2D eigenvalue weighted by Gasteiger charge is 2.15. The first-order valence-corrected chi connectivity index (χ1v) is 9.45. The van der Waals surface area contributed by atoms with Crippen LogP contribution in [0.15, 0.2) is 90.8 Å². The van der Waals surface area contributed by atoms with Crippen molar-refractivity contribution in [1.82, 2.24) is 0 Å². The van der Waals surface area contributed by atoms with Gasteiger partial charge in [0.1, 0.15) is 23.1 Å². The predicted octanol–water partition coefficient (Wildman–Crippen LogP) is 7.45. The molecule has 0 radical (unpaired) electrons. The van der Waals surface area contributed by atoms with Crippen molar-refractivity contribution in [2.75, 3.05) is 0 Å². The number of benzene rings is 3. The molecule has 0 heterocycles. The number of allylic oxidation sites excluding steroid dienone is 2. The van der Waals surface area contributed by atoms with E-state index in [1.165, 1.54) is 12.1 Å². The molecule has 144 valence electrons. The number of para-hydroxylation sites is 1. The monoisotopic (exact) mass is 378 g/mol. The van der Waals surface area contributed by atoms with Crippen molar-refractivity contribution in [2.45, 2.75) is 26.2 Å². The zero-order valence-corrected chi connectivity index (χ0v) is 16.1. The first kappa shape index (κ1) is 19.8. The SMILES string of the molecule is CC(C)C(C=C(F)Cc1cccc(Oc2ccccc2)c1)c1ccc(F)cc1. The predicted molar refractivity (Wildman–Crippen MR) is 110 cm³/mol. The number of hydrogen-bond acceptors (Lipinski definition) is 1. The van der Waals surface area contributed by atoms with Gasteiger partial charge in [-0.15, -0.1) is 0 Å². The summed E-state index contributed by atoms with van der Waals surface area (Å²) >= 11 is 0. The van der Waals surface area contributed by atoms with Crippen LogP contribution in [0.2, 0.25) is 0 Å². The lowest BCUT2D eigenvalue weighted by atomic mass is 9.87. The van der Waals surface area contributed by atoms with Crippen LogP contribution in [0.5, 0.6) is 11.5 Å². The van der Waals surface area contributed by atoms with Crippen molar-refractivity contribution in [2.24, 2.45) is 5.92 Å². The summed E-state index contributed by atoms with van der Waals surface area (Å²) in [6.07, 6.45) is 1.83. The Morgan fingerprint density at radius 3 is 2.25 bits per heavy atom. The molecular weight excluding hydrogens is 354 g/mol. The van der Waals surface area contributed by atoms with Crippen LogP contribution in [0.4, 0.5) is 8.78 Å². The molecule has 3 heteroatoms. The van der Waals surface area contributed by atoms with Crippen LogP contribution in [0, 0.1) is 11.7 Å². The van der Waals surface area contributed by atoms with E-state index in [-0.39, 0.29) is 29.9 Å². The molecule has 0 N–H and O–H groups in total. The van der Waals surface area contributed by atoms with Gasteiger partial charge in [0.25, 0.3) is 0 Å². The molecular formula is C25H24F2O. The van der Waals surface area contributed by atoms with Crippen LogP contribution >= 0.6 is 0 Å². The molecule has 0 aliphatic heterocycles. The van der Waals surface area contributed by atoms with E-state index in [0.717, 1.165) is 16.9 Å². The summed E-state index contributed by atoms with van der Waals surface area (Å²) in [7, 11) is 0. The zero-order chi connectivity index (χ0) is 19.9. The molecule has 1 atom stereocenters. The summed E-state index contributed by atoms with van der Waals surface area (Å²) < 4.78 is 33.8. The highest BCUT2D eigenvalue weighted by atomic mass is 19.1. The molecule has 3 aromatic carbocycles. The highest BCUT2D eigenvalue weighted by molar-refractivity contribution is 5.35. The van der Waals surface area contributed by atoms with Crippen LogP contribution in [-0.4, -0.2) is 0 Å². The average molecular weight is 378 g/mol. The Hall–Kier alpha value is -2.94. The minimum absolute atomic E-state index is 0.107. The van der Waals surface area contributed by atoms with Crippen LogP contribution < -0.4 is 4.74 Å². The second-order valence-corrected chi connectivity index (χ2v) is 7.17. The standard InChI is InChI=1S/C25H24F2O/c1-18(2)25(20-11-13-21(26)14-12-20)17-22(27)15-19-7-6-10-24(16-19)28-23-8-4-3-5-9-23/h3-14,16-18,25H,15H2,1-2H3. The first-order valence-electron chi connectivity index (χ1n) is 9.45. The van der Waals surface area contributed by atoms with Crippen molar-refractivity contribution in [3.63, 3.8) is 0 Å². The molecule has 0 fully saturated rings. The fraction of sp³-hybridized carbons (Fsp3) is 0.200. The second-order valence-electron chi connectivity index (χ2n) is 7.17. The Morgan fingerprint density at radius 2 is 1.57 bits per heavy atom. The second kappa shape index (κ2) is 9.32. The van der Waals surface area contributed by atoms with E-state index >= 15 is 0 Å². The van der Waals surface area contributed by atoms with Crippen LogP contribution in [0.25, 0.3) is 0 Å². The molecule has 0 aromatic heterocycles. The smallest absolute Gasteiger partial charge is 0.127 e. The van der Waals surface area contributed by atoms with Gasteiger partial charge in [-0.3, -0.25) is 0 Å². The third kappa shape index (κ3) is 5.53. The Labute approximate surface area is 165 Å². The normalized spacial score (nSPS) is 12.8. The first-order chi connectivity index (χ1) is 13.5. The molecule has 1 nitrogen and oxygen atoms in total. The Balaban J connectivity index is 1.74. The molecule has 0 aliphatic carbocycles. The largest absolute Gasteiger partial charge is 0.457 e. The third-order valence-corrected chi connectivity index (χ3v) is 4.58. The molecule has 3 aromatic rings. The molecule has 3 rings (SSSR count). The fourth-order valence-corrected chi connectivity index (χ4v) is 3.15. The van der Waals surface area contributed by atoms with Crippen molar-refractivity contribution in [1.29, 1.82) is 0 Å². The Bertz CT molecular complexity index is 915. The quantitative estimate of drug-likeness (QED) is 0.415. The Morgan fingerprint density at radius 1 is 0.893 bits per heavy atom. The van der Waals surface area contributed by atoms with Gasteiger partial charge < -0.3 is 4.74 Å². The van der Waals surface area contributed by atoms with Crippen LogP contribution in [0.1, 0.15) is 30.9 Å². The minimum Gasteiger partial charge on any atom is -0.457 e. The number of rotatable bonds is 7. The van der Waals surface area contributed by atoms with Gasteiger partial charge in [0.2, 0.25) is 0 Å². The van der Waals surface area contributed by atoms with Crippen molar-refractivity contribution >= 4 is 0 Å². The molecule has 0 amide bonds. The summed E-state index contributed by atoms with van der Waals surface area (Å²) in [5.41, 5.74) is 1.75. The van der Waals surface area contributed by atoms with Gasteiger partial charge in [-0.25, -0.2) is 8.78 Å². The van der Waals surface area contributed by atoms with Gasteiger partial charge >= 0.3 is 0 Å². The molecule has 0 bridgehead atoms. The zero-order valence-electron chi connectivity index (χ0n) is 16.1. The van der Waals surface area contributed by atoms with Crippen molar-refractivity contribution in [3.05, 3.63) is 108 Å². The van der Waals surface area contributed by atoms with Gasteiger partial charge in [0.05, 0.1) is 0 Å². The van der Waals surface area contributed by atoms with E-state index in [0.29, 0.717) is 5.75 Å². The van der Waals surface area contributed by atoms with Gasteiger partial charge in [-0.1, -0.05) is 56.3 Å². The van der Waals surface area contributed by atoms with E-state index in [1.807, 2.05) is 68.4 Å². The molecule has 28 heavy (non-hydrogen) atoms. The molecule has 0 aliphatic rings. The van der Waals surface area contributed by atoms with Gasteiger partial charge in [0.15, 0.2) is 0 Å². The summed E-state index contributed by atoms with van der Waals surface area (Å²) in [6.45, 7) is 4.07. The van der Waals surface area contributed by atoms with Gasteiger partial charge in [-0.05, 0) is 59.5 Å². The lowest BCUT2D eigenvalue weighted by Crippen LogP contribution is -2.05. The lowest BCUT2D eigenvalue weighted by molar-refractivity contribution is 0.481. The minimum atomic E-state index is -0.286. The molecule has 0 saturated carbocycles. The maximum atomic E-state index is 14.8. The molecule has 0 saturated heterocycles. The van der Waals surface area contributed by atoms with E-state index in [2.05, 4.69) is 0 Å². The van der Waals surface area contributed by atoms with Gasteiger partial charge in [0, 0.05) is 12.3 Å². The van der Waals surface area contributed by atoms with Gasteiger partial charge in [-0.2, -0.15) is 0 Å². The maximum Gasteiger partial charge on any atom is 0.127 e. The summed E-state index contributed by atoms with van der Waals surface area (Å²) in [6, 6.07) is 23.2. The number of halogens is 2. The number of ether oxygens (including phenoxy) is 1. The topological polar surface area (TPSA) is 9.23 Å². The Kier molecular flexibility index (Phi) is 6.59. The number of hydrogen-bond donors (Lipinski definition) is 0. The van der Waals surface area contributed by atoms with E-state index in [1.54, 1.807) is 18.2 Å². The molecule has 0 spiro atoms. The summed E-state index contributed by atoms with van der Waals surface area (Å²) in [5.74, 6) is 1.02. The van der Waals surface area contributed by atoms with E-state index in [4.69, 9.17) is 4.74 Å². The van der Waals surface area contributed by atoms with Crippen molar-refractivity contribution in [3.8, 4) is 11.5 Å². The fourth-order valence-electron chi connectivity index (χ4n) is 3.15. The summed E-state index contributed by atoms with van der Waals surface area (Å²) in [5, 5.41) is 0. The third-order valence-electron chi connectivity index (χ3n) is 4.58.